The first-order chi connectivity index (χ1) is 15.1. The van der Waals surface area contributed by atoms with E-state index in [9.17, 15) is 9.59 Å². The number of nitrogens with one attached hydrogen (secondary N) is 2. The summed E-state index contributed by atoms with van der Waals surface area (Å²) in [4.78, 5) is 28.4. The predicted octanol–water partition coefficient (Wildman–Crippen LogP) is 2.91. The quantitative estimate of drug-likeness (QED) is 0.711. The number of anilines is 1. The second-order valence-electron chi connectivity index (χ2n) is 8.06. The number of benzene rings is 1. The zero-order valence-electron chi connectivity index (χ0n) is 17.9. The molecule has 2 fully saturated rings. The molecule has 0 aliphatic carbocycles. The molecule has 8 heteroatoms. The monoisotopic (exact) mass is 426 g/mol. The zero-order chi connectivity index (χ0) is 21.6. The number of aryl methyl sites for hydroxylation is 1. The normalized spacial score (nSPS) is 18.2. The molecule has 0 radical (unpaired) electrons. The predicted molar refractivity (Wildman–Crippen MR) is 117 cm³/mol. The molecule has 4 rings (SSSR count). The first-order valence-corrected chi connectivity index (χ1v) is 10.9. The van der Waals surface area contributed by atoms with Gasteiger partial charge in [0.05, 0.1) is 19.3 Å². The fourth-order valence-corrected chi connectivity index (χ4v) is 4.08. The summed E-state index contributed by atoms with van der Waals surface area (Å²) in [5.41, 5.74) is 1.77. The molecule has 2 aliphatic rings. The van der Waals surface area contributed by atoms with E-state index >= 15 is 0 Å². The molecule has 2 aliphatic heterocycles. The van der Waals surface area contributed by atoms with Crippen molar-refractivity contribution in [1.82, 2.24) is 15.1 Å². The fraction of sp³-hybridized carbons (Fsp3) is 0.478. The summed E-state index contributed by atoms with van der Waals surface area (Å²) in [5, 5.41) is 5.85. The molecule has 0 bridgehead atoms. The fourth-order valence-electron chi connectivity index (χ4n) is 4.08. The van der Waals surface area contributed by atoms with Gasteiger partial charge in [0.15, 0.2) is 0 Å². The lowest BCUT2D eigenvalue weighted by atomic mass is 10.1. The molecule has 2 aromatic rings. The highest BCUT2D eigenvalue weighted by Gasteiger charge is 2.25. The number of amides is 3. The molecule has 1 aromatic carbocycles. The van der Waals surface area contributed by atoms with Gasteiger partial charge in [-0.25, -0.2) is 4.79 Å². The Hall–Kier alpha value is -2.84. The number of ether oxygens (including phenoxy) is 1. The molecule has 31 heavy (non-hydrogen) atoms. The van der Waals surface area contributed by atoms with Crippen molar-refractivity contribution in [3.8, 4) is 0 Å². The average Bonchev–Trinajstić information content (AvgIpc) is 3.38. The van der Waals surface area contributed by atoms with Crippen LogP contribution in [0.2, 0.25) is 0 Å². The lowest BCUT2D eigenvalue weighted by Crippen LogP contribution is -2.44. The lowest BCUT2D eigenvalue weighted by Gasteiger charge is -2.33. The first-order valence-electron chi connectivity index (χ1n) is 10.9. The molecule has 166 valence electrons. The maximum atomic E-state index is 12.5. The minimum atomic E-state index is -0.260. The number of likely N-dealkylation sites (tertiary alicyclic amines) is 1. The van der Waals surface area contributed by atoms with Crippen molar-refractivity contribution in [3.63, 3.8) is 0 Å². The van der Waals surface area contributed by atoms with Gasteiger partial charge in [-0.1, -0.05) is 12.1 Å². The van der Waals surface area contributed by atoms with Crippen LogP contribution >= 0.6 is 0 Å². The van der Waals surface area contributed by atoms with E-state index < -0.39 is 0 Å². The topological polar surface area (TPSA) is 87.1 Å². The van der Waals surface area contributed by atoms with Crippen LogP contribution in [0.1, 0.15) is 36.0 Å². The molecule has 1 unspecified atom stereocenters. The number of rotatable bonds is 7. The highest BCUT2D eigenvalue weighted by atomic mass is 16.5. The van der Waals surface area contributed by atoms with Crippen molar-refractivity contribution in [2.24, 2.45) is 0 Å². The highest BCUT2D eigenvalue weighted by Crippen LogP contribution is 2.23. The maximum absolute atomic E-state index is 12.5. The number of morpholine rings is 1. The number of hydrogen-bond donors (Lipinski definition) is 2. The van der Waals surface area contributed by atoms with Crippen molar-refractivity contribution in [2.45, 2.75) is 32.4 Å². The summed E-state index contributed by atoms with van der Waals surface area (Å²) >= 11 is 0. The summed E-state index contributed by atoms with van der Waals surface area (Å²) in [6, 6.07) is 11.2. The van der Waals surface area contributed by atoms with E-state index in [-0.39, 0.29) is 18.0 Å². The van der Waals surface area contributed by atoms with E-state index in [0.717, 1.165) is 43.1 Å². The lowest BCUT2D eigenvalue weighted by molar-refractivity contribution is -0.128. The van der Waals surface area contributed by atoms with Crippen LogP contribution in [0, 0.1) is 6.92 Å². The Morgan fingerprint density at radius 1 is 1.10 bits per heavy atom. The third-order valence-corrected chi connectivity index (χ3v) is 5.79. The van der Waals surface area contributed by atoms with Gasteiger partial charge >= 0.3 is 6.03 Å². The number of nitrogens with zero attached hydrogens (tertiary/aromatic N) is 2. The first kappa shape index (κ1) is 21.4. The molecular weight excluding hydrogens is 396 g/mol. The van der Waals surface area contributed by atoms with Crippen LogP contribution in [0.4, 0.5) is 10.5 Å². The Labute approximate surface area is 182 Å². The van der Waals surface area contributed by atoms with Crippen LogP contribution < -0.4 is 10.6 Å². The second-order valence-corrected chi connectivity index (χ2v) is 8.06. The molecule has 0 spiro atoms. The summed E-state index contributed by atoms with van der Waals surface area (Å²) < 4.78 is 11.3. The number of hydrogen-bond acceptors (Lipinski definition) is 5. The van der Waals surface area contributed by atoms with E-state index in [0.29, 0.717) is 38.4 Å². The Morgan fingerprint density at radius 2 is 1.87 bits per heavy atom. The van der Waals surface area contributed by atoms with Crippen molar-refractivity contribution < 1.29 is 18.7 Å². The van der Waals surface area contributed by atoms with Gasteiger partial charge in [0.2, 0.25) is 5.91 Å². The Morgan fingerprint density at radius 3 is 2.52 bits per heavy atom. The van der Waals surface area contributed by atoms with E-state index in [2.05, 4.69) is 15.5 Å². The number of urea groups is 1. The number of carbonyl (C=O) groups is 2. The van der Waals surface area contributed by atoms with E-state index in [4.69, 9.17) is 9.15 Å². The van der Waals surface area contributed by atoms with Gasteiger partial charge in [0.25, 0.3) is 0 Å². The van der Waals surface area contributed by atoms with Gasteiger partial charge in [-0.05, 0) is 43.2 Å². The minimum absolute atomic E-state index is 0.0382. The van der Waals surface area contributed by atoms with Crippen molar-refractivity contribution in [3.05, 3.63) is 53.5 Å². The molecule has 1 aromatic heterocycles. The minimum Gasteiger partial charge on any atom is -0.465 e. The zero-order valence-corrected chi connectivity index (χ0v) is 17.9. The third-order valence-electron chi connectivity index (χ3n) is 5.79. The van der Waals surface area contributed by atoms with Gasteiger partial charge in [-0.15, -0.1) is 0 Å². The average molecular weight is 427 g/mol. The van der Waals surface area contributed by atoms with Gasteiger partial charge < -0.3 is 24.7 Å². The summed E-state index contributed by atoms with van der Waals surface area (Å²) in [5.74, 6) is 1.91. The molecular formula is C23H30N4O4. The number of carbonyl (C=O) groups excluding carboxylic acids is 2. The van der Waals surface area contributed by atoms with E-state index in [1.807, 2.05) is 48.2 Å². The number of furan rings is 1. The van der Waals surface area contributed by atoms with Crippen molar-refractivity contribution in [2.75, 3.05) is 44.7 Å². The van der Waals surface area contributed by atoms with Crippen LogP contribution in [0.15, 0.2) is 40.8 Å². The van der Waals surface area contributed by atoms with Gasteiger partial charge in [0, 0.05) is 44.8 Å². The van der Waals surface area contributed by atoms with Crippen molar-refractivity contribution in [1.29, 1.82) is 0 Å². The van der Waals surface area contributed by atoms with Gasteiger partial charge in [-0.2, -0.15) is 0 Å². The Balaban J connectivity index is 1.31. The molecule has 3 heterocycles. The molecule has 1 atom stereocenters. The summed E-state index contributed by atoms with van der Waals surface area (Å²) in [7, 11) is 0. The molecule has 2 N–H and O–H groups in total. The third kappa shape index (κ3) is 5.65. The SMILES string of the molecule is Cc1ccc(C(CNC(=O)Nc2ccc(CN3CCCC3=O)cc2)N2CCOCC2)o1. The van der Waals surface area contributed by atoms with Crippen LogP contribution in [0.3, 0.4) is 0 Å². The molecule has 8 nitrogen and oxygen atoms in total. The Bertz CT molecular complexity index is 889. The van der Waals surface area contributed by atoms with Crippen LogP contribution in [0.25, 0.3) is 0 Å². The van der Waals surface area contributed by atoms with Crippen LogP contribution in [-0.4, -0.2) is 61.1 Å². The summed E-state index contributed by atoms with van der Waals surface area (Å²) in [6.07, 6.45) is 1.57. The molecule has 2 saturated heterocycles. The Kier molecular flexibility index (Phi) is 6.89. The smallest absolute Gasteiger partial charge is 0.319 e. The van der Waals surface area contributed by atoms with Crippen LogP contribution in [0.5, 0.6) is 0 Å². The maximum Gasteiger partial charge on any atom is 0.319 e. The summed E-state index contributed by atoms with van der Waals surface area (Å²) in [6.45, 7) is 6.76. The molecule has 0 saturated carbocycles. The van der Waals surface area contributed by atoms with Gasteiger partial charge in [-0.3, -0.25) is 9.69 Å². The molecule has 3 amide bonds. The highest BCUT2D eigenvalue weighted by molar-refractivity contribution is 5.89. The van der Waals surface area contributed by atoms with Crippen molar-refractivity contribution >= 4 is 17.6 Å². The van der Waals surface area contributed by atoms with Crippen LogP contribution in [-0.2, 0) is 16.1 Å². The standard InChI is InChI=1S/C23H30N4O4/c1-17-4-9-21(31-17)20(26-11-13-30-14-12-26)15-24-23(29)25-19-7-5-18(6-8-19)16-27-10-2-3-22(27)28/h4-9,20H,2-3,10-16H2,1H3,(H2,24,25,29). The van der Waals surface area contributed by atoms with Gasteiger partial charge in [0.1, 0.15) is 11.5 Å². The van der Waals surface area contributed by atoms with E-state index in [1.54, 1.807) is 0 Å². The largest absolute Gasteiger partial charge is 0.465 e. The van der Waals surface area contributed by atoms with E-state index in [1.165, 1.54) is 0 Å². The second kappa shape index (κ2) is 9.98.